The van der Waals surface area contributed by atoms with Gasteiger partial charge in [0.05, 0.1) is 0 Å². The summed E-state index contributed by atoms with van der Waals surface area (Å²) >= 11 is 0. The number of carbonyl (C=O) groups excluding carboxylic acids is 1. The Hall–Kier alpha value is -3.67. The molecule has 3 rings (SSSR count). The molecule has 0 aliphatic carbocycles. The van der Waals surface area contributed by atoms with Gasteiger partial charge in [0.2, 0.25) is 5.95 Å². The minimum atomic E-state index is -0.266. The summed E-state index contributed by atoms with van der Waals surface area (Å²) in [6, 6.07) is 19.1. The number of benzene rings is 2. The molecule has 0 radical (unpaired) electrons. The Morgan fingerprint density at radius 3 is 2.57 bits per heavy atom. The predicted octanol–water partition coefficient (Wildman–Crippen LogP) is 4.02. The lowest BCUT2D eigenvalue weighted by Crippen LogP contribution is -2.24. The highest BCUT2D eigenvalue weighted by molar-refractivity contribution is 5.92. The molecule has 0 saturated heterocycles. The van der Waals surface area contributed by atoms with Crippen molar-refractivity contribution in [2.45, 2.75) is 13.5 Å². The molecule has 0 fully saturated rings. The number of ether oxygens (including phenoxy) is 1. The highest BCUT2D eigenvalue weighted by Gasteiger charge is 2.10. The van der Waals surface area contributed by atoms with Gasteiger partial charge in [0.25, 0.3) is 5.91 Å². The van der Waals surface area contributed by atoms with Crippen molar-refractivity contribution in [3.05, 3.63) is 90.3 Å². The summed E-state index contributed by atoms with van der Waals surface area (Å²) in [5.41, 5.74) is 2.92. The van der Waals surface area contributed by atoms with Crippen LogP contribution in [0.4, 0.5) is 11.6 Å². The largest absolute Gasteiger partial charge is 0.489 e. The summed E-state index contributed by atoms with van der Waals surface area (Å²) in [6.45, 7) is 6.30. The van der Waals surface area contributed by atoms with Crippen LogP contribution in [0.2, 0.25) is 0 Å². The number of carbonyl (C=O) groups is 1. The molecule has 0 saturated carbocycles. The zero-order valence-electron chi connectivity index (χ0n) is 15.7. The first-order valence-corrected chi connectivity index (χ1v) is 8.92. The molecular formula is C22H22N4O2. The van der Waals surface area contributed by atoms with Gasteiger partial charge in [-0.1, -0.05) is 36.4 Å². The Bertz CT molecular complexity index is 941. The molecule has 0 atom stereocenters. The normalized spacial score (nSPS) is 10.2. The average molecular weight is 374 g/mol. The molecule has 0 aliphatic rings. The van der Waals surface area contributed by atoms with Crippen LogP contribution in [0.3, 0.4) is 0 Å². The first-order valence-electron chi connectivity index (χ1n) is 8.92. The van der Waals surface area contributed by atoms with E-state index in [4.69, 9.17) is 4.74 Å². The number of hydrogen-bond donors (Lipinski definition) is 2. The molecular weight excluding hydrogens is 352 g/mol. The Labute approximate surface area is 164 Å². The molecule has 142 valence electrons. The van der Waals surface area contributed by atoms with Crippen LogP contribution < -0.4 is 15.4 Å². The van der Waals surface area contributed by atoms with E-state index < -0.39 is 0 Å². The zero-order valence-corrected chi connectivity index (χ0v) is 15.7. The summed E-state index contributed by atoms with van der Waals surface area (Å²) in [5, 5.41) is 5.83. The van der Waals surface area contributed by atoms with Crippen LogP contribution in [0.25, 0.3) is 0 Å². The topological polar surface area (TPSA) is 76.1 Å². The van der Waals surface area contributed by atoms with Crippen LogP contribution in [0.15, 0.2) is 73.3 Å². The maximum Gasteiger partial charge on any atom is 0.270 e. The van der Waals surface area contributed by atoms with Crippen molar-refractivity contribution in [1.29, 1.82) is 0 Å². The first kappa shape index (κ1) is 19.1. The van der Waals surface area contributed by atoms with Gasteiger partial charge in [-0.05, 0) is 42.8 Å². The number of amides is 1. The molecule has 0 bridgehead atoms. The van der Waals surface area contributed by atoms with Gasteiger partial charge in [0, 0.05) is 17.9 Å². The first-order chi connectivity index (χ1) is 13.6. The van der Waals surface area contributed by atoms with Crippen molar-refractivity contribution < 1.29 is 9.53 Å². The van der Waals surface area contributed by atoms with Gasteiger partial charge < -0.3 is 15.4 Å². The Kier molecular flexibility index (Phi) is 6.36. The van der Waals surface area contributed by atoms with Crippen molar-refractivity contribution in [3.63, 3.8) is 0 Å². The fourth-order valence-corrected chi connectivity index (χ4v) is 2.50. The van der Waals surface area contributed by atoms with Gasteiger partial charge >= 0.3 is 0 Å². The molecule has 2 N–H and O–H groups in total. The average Bonchev–Trinajstić information content (AvgIpc) is 2.72. The lowest BCUT2D eigenvalue weighted by atomic mass is 10.2. The van der Waals surface area contributed by atoms with Crippen molar-refractivity contribution in [1.82, 2.24) is 15.3 Å². The minimum absolute atomic E-state index is 0.266. The van der Waals surface area contributed by atoms with Crippen molar-refractivity contribution >= 4 is 17.5 Å². The van der Waals surface area contributed by atoms with E-state index in [0.717, 1.165) is 17.0 Å². The van der Waals surface area contributed by atoms with Crippen LogP contribution >= 0.6 is 0 Å². The summed E-state index contributed by atoms with van der Waals surface area (Å²) < 4.78 is 5.78. The van der Waals surface area contributed by atoms with Gasteiger partial charge in [-0.3, -0.25) is 4.79 Å². The van der Waals surface area contributed by atoms with E-state index in [1.165, 1.54) is 0 Å². The molecule has 1 aromatic heterocycles. The second-order valence-electron chi connectivity index (χ2n) is 6.14. The predicted molar refractivity (Wildman–Crippen MR) is 110 cm³/mol. The number of rotatable bonds is 8. The highest BCUT2D eigenvalue weighted by Crippen LogP contribution is 2.19. The van der Waals surface area contributed by atoms with Gasteiger partial charge in [-0.25, -0.2) is 9.97 Å². The molecule has 1 heterocycles. The number of aryl methyl sites for hydroxylation is 1. The van der Waals surface area contributed by atoms with Crippen molar-refractivity contribution in [2.24, 2.45) is 0 Å². The fraction of sp³-hybridized carbons (Fsp3) is 0.136. The molecule has 0 unspecified atom stereocenters. The molecule has 2 aromatic carbocycles. The van der Waals surface area contributed by atoms with E-state index in [1.54, 1.807) is 12.1 Å². The zero-order chi connectivity index (χ0) is 19.8. The lowest BCUT2D eigenvalue weighted by Gasteiger charge is -2.10. The van der Waals surface area contributed by atoms with Crippen LogP contribution in [0.1, 0.15) is 21.7 Å². The molecule has 6 heteroatoms. The smallest absolute Gasteiger partial charge is 0.270 e. The number of anilines is 2. The van der Waals surface area contributed by atoms with E-state index in [2.05, 4.69) is 27.2 Å². The Balaban J connectivity index is 1.64. The van der Waals surface area contributed by atoms with Crippen LogP contribution in [0.5, 0.6) is 5.75 Å². The van der Waals surface area contributed by atoms with E-state index in [-0.39, 0.29) is 5.91 Å². The van der Waals surface area contributed by atoms with Gasteiger partial charge in [-0.15, -0.1) is 6.58 Å². The monoisotopic (exact) mass is 374 g/mol. The van der Waals surface area contributed by atoms with Crippen LogP contribution in [0, 0.1) is 6.92 Å². The van der Waals surface area contributed by atoms with Crippen LogP contribution in [-0.2, 0) is 6.61 Å². The third kappa shape index (κ3) is 5.41. The van der Waals surface area contributed by atoms with E-state index in [1.807, 2.05) is 61.5 Å². The van der Waals surface area contributed by atoms with Gasteiger partial charge in [0.15, 0.2) is 0 Å². The minimum Gasteiger partial charge on any atom is -0.489 e. The van der Waals surface area contributed by atoms with Crippen molar-refractivity contribution in [3.8, 4) is 5.75 Å². The second kappa shape index (κ2) is 9.32. The summed E-state index contributed by atoms with van der Waals surface area (Å²) in [5.74, 6) is 0.865. The third-order valence-corrected chi connectivity index (χ3v) is 3.85. The molecule has 1 amide bonds. The molecule has 0 aliphatic heterocycles. The summed E-state index contributed by atoms with van der Waals surface area (Å²) in [7, 11) is 0. The lowest BCUT2D eigenvalue weighted by molar-refractivity contribution is 0.0953. The van der Waals surface area contributed by atoms with E-state index >= 15 is 0 Å². The number of nitrogens with one attached hydrogen (secondary N) is 2. The van der Waals surface area contributed by atoms with E-state index in [9.17, 15) is 4.79 Å². The van der Waals surface area contributed by atoms with E-state index in [0.29, 0.717) is 30.5 Å². The Morgan fingerprint density at radius 1 is 1.11 bits per heavy atom. The summed E-state index contributed by atoms with van der Waals surface area (Å²) in [4.78, 5) is 20.7. The number of aromatic nitrogens is 2. The quantitative estimate of drug-likeness (QED) is 0.582. The molecule has 28 heavy (non-hydrogen) atoms. The fourth-order valence-electron chi connectivity index (χ4n) is 2.50. The maximum absolute atomic E-state index is 12.1. The van der Waals surface area contributed by atoms with Gasteiger partial charge in [0.1, 0.15) is 18.1 Å². The maximum atomic E-state index is 12.1. The standard InChI is InChI=1S/C22H22N4O2/c1-3-13-23-21(27)20-14-16(2)24-22(26-20)25-18-9-11-19(12-10-18)28-15-17-7-5-4-6-8-17/h3-12,14H,1,13,15H2,2H3,(H,23,27)(H,24,25,26). The Morgan fingerprint density at radius 2 is 1.86 bits per heavy atom. The highest BCUT2D eigenvalue weighted by atomic mass is 16.5. The SMILES string of the molecule is C=CCNC(=O)c1cc(C)nc(Nc2ccc(OCc3ccccc3)cc2)n1. The van der Waals surface area contributed by atoms with Gasteiger partial charge in [-0.2, -0.15) is 0 Å². The molecule has 6 nitrogen and oxygen atoms in total. The number of hydrogen-bond acceptors (Lipinski definition) is 5. The van der Waals surface area contributed by atoms with Crippen LogP contribution in [-0.4, -0.2) is 22.4 Å². The molecule has 0 spiro atoms. The number of nitrogens with zero attached hydrogens (tertiary/aromatic N) is 2. The third-order valence-electron chi connectivity index (χ3n) is 3.85. The summed E-state index contributed by atoms with van der Waals surface area (Å²) in [6.07, 6.45) is 1.62. The second-order valence-corrected chi connectivity index (χ2v) is 6.14. The molecule has 3 aromatic rings. The van der Waals surface area contributed by atoms with Crippen molar-refractivity contribution in [2.75, 3.05) is 11.9 Å².